The van der Waals surface area contributed by atoms with Crippen molar-refractivity contribution in [3.05, 3.63) is 230 Å². The number of hydrogen-bond donors (Lipinski definition) is 0. The third kappa shape index (κ3) is 5.70. The first kappa shape index (κ1) is 40.0. The SMILES string of the molecule is N#Cc1ccc(S(=O)(=O)c2cc(-n3c4ccccc4c4c5c(ccc43)c3ccccc3n5C3=CC=CC=CC3)cc(-n3c4ccccc4c4c3ccc3c5ccccc5n(-c5ccccc5)c34)c2)cc1. The molecule has 4 aromatic heterocycles. The Morgan fingerprint density at radius 1 is 0.400 bits per heavy atom. The highest BCUT2D eigenvalue weighted by atomic mass is 32.2. The smallest absolute Gasteiger partial charge is 0.206 e. The Hall–Kier alpha value is -9.16. The zero-order valence-corrected chi connectivity index (χ0v) is 38.3. The first-order chi connectivity index (χ1) is 34.5. The second-order valence-corrected chi connectivity index (χ2v) is 19.9. The molecule has 7 nitrogen and oxygen atoms in total. The summed E-state index contributed by atoms with van der Waals surface area (Å²) < 4.78 is 39.6. The lowest BCUT2D eigenvalue weighted by Gasteiger charge is -2.16. The monoisotopic (exact) mass is 917 g/mol. The topological polar surface area (TPSA) is 77.7 Å². The number of fused-ring (bicyclic) bond motifs is 14. The van der Waals surface area contributed by atoms with Crippen LogP contribution in [0.2, 0.25) is 0 Å². The van der Waals surface area contributed by atoms with E-state index in [0.29, 0.717) is 16.9 Å². The molecule has 0 fully saturated rings. The lowest BCUT2D eigenvalue weighted by atomic mass is 10.1. The number of aromatic nitrogens is 4. The molecule has 0 spiro atoms. The molecule has 13 aromatic rings. The largest absolute Gasteiger partial charge is 0.312 e. The Morgan fingerprint density at radius 3 is 1.47 bits per heavy atom. The van der Waals surface area contributed by atoms with Gasteiger partial charge in [0.15, 0.2) is 0 Å². The van der Waals surface area contributed by atoms with Gasteiger partial charge in [0.05, 0.1) is 65.6 Å². The van der Waals surface area contributed by atoms with Gasteiger partial charge >= 0.3 is 0 Å². The molecule has 8 heteroatoms. The third-order valence-electron chi connectivity index (χ3n) is 14.2. The molecular weight excluding hydrogens is 879 g/mol. The van der Waals surface area contributed by atoms with Gasteiger partial charge in [0.25, 0.3) is 0 Å². The van der Waals surface area contributed by atoms with Crippen LogP contribution in [0, 0.1) is 11.3 Å². The van der Waals surface area contributed by atoms with Crippen molar-refractivity contribution in [2.24, 2.45) is 0 Å². The van der Waals surface area contributed by atoms with Gasteiger partial charge in [0, 0.05) is 72.3 Å². The Morgan fingerprint density at radius 2 is 0.900 bits per heavy atom. The molecule has 1 aliphatic rings. The average molecular weight is 918 g/mol. The van der Waals surface area contributed by atoms with Gasteiger partial charge in [-0.2, -0.15) is 5.26 Å². The maximum absolute atomic E-state index is 15.2. The molecular formula is C62H39N5O2S. The predicted molar refractivity (Wildman–Crippen MR) is 286 cm³/mol. The summed E-state index contributed by atoms with van der Waals surface area (Å²) in [6, 6.07) is 67.4. The molecule has 14 rings (SSSR count). The predicted octanol–water partition coefficient (Wildman–Crippen LogP) is 15.1. The molecule has 0 aliphatic heterocycles. The highest BCUT2D eigenvalue weighted by Gasteiger charge is 2.27. The summed E-state index contributed by atoms with van der Waals surface area (Å²) in [4.78, 5) is 0.248. The fourth-order valence-electron chi connectivity index (χ4n) is 11.3. The molecule has 0 saturated heterocycles. The summed E-state index contributed by atoms with van der Waals surface area (Å²) in [5.74, 6) is 0. The lowest BCUT2D eigenvalue weighted by Crippen LogP contribution is -2.06. The zero-order valence-electron chi connectivity index (χ0n) is 37.5. The van der Waals surface area contributed by atoms with E-state index in [4.69, 9.17) is 0 Å². The first-order valence-corrected chi connectivity index (χ1v) is 24.9. The summed E-state index contributed by atoms with van der Waals surface area (Å²) in [5.41, 5.74) is 12.2. The van der Waals surface area contributed by atoms with E-state index in [-0.39, 0.29) is 9.79 Å². The molecule has 0 amide bonds. The van der Waals surface area contributed by atoms with Crippen LogP contribution in [0.4, 0.5) is 0 Å². The molecule has 0 unspecified atom stereocenters. The van der Waals surface area contributed by atoms with Crippen molar-refractivity contribution in [1.29, 1.82) is 5.26 Å². The van der Waals surface area contributed by atoms with Crippen LogP contribution in [0.3, 0.4) is 0 Å². The summed E-state index contributed by atoms with van der Waals surface area (Å²) in [5, 5.41) is 18.5. The van der Waals surface area contributed by atoms with Crippen molar-refractivity contribution < 1.29 is 8.42 Å². The highest BCUT2D eigenvalue weighted by Crippen LogP contribution is 2.45. The quantitative estimate of drug-likeness (QED) is 0.167. The van der Waals surface area contributed by atoms with Crippen LogP contribution in [0.1, 0.15) is 12.0 Å². The van der Waals surface area contributed by atoms with Gasteiger partial charge in [-0.15, -0.1) is 0 Å². The second kappa shape index (κ2) is 15.2. The summed E-state index contributed by atoms with van der Waals surface area (Å²) in [7, 11) is -4.14. The molecule has 70 heavy (non-hydrogen) atoms. The van der Waals surface area contributed by atoms with Crippen LogP contribution in [-0.2, 0) is 9.84 Å². The van der Waals surface area contributed by atoms with Crippen LogP contribution in [0.5, 0.6) is 0 Å². The summed E-state index contributed by atoms with van der Waals surface area (Å²) in [6.07, 6.45) is 11.4. The fraction of sp³-hybridized carbons (Fsp3) is 0.0161. The van der Waals surface area contributed by atoms with E-state index in [1.54, 1.807) is 12.1 Å². The summed E-state index contributed by atoms with van der Waals surface area (Å²) in [6.45, 7) is 0. The van der Waals surface area contributed by atoms with Crippen LogP contribution >= 0.6 is 0 Å². The van der Waals surface area contributed by atoms with Crippen molar-refractivity contribution in [3.63, 3.8) is 0 Å². The van der Waals surface area contributed by atoms with Crippen LogP contribution in [0.25, 0.3) is 110 Å². The first-order valence-electron chi connectivity index (χ1n) is 23.4. The van der Waals surface area contributed by atoms with Crippen molar-refractivity contribution in [1.82, 2.24) is 18.3 Å². The Kier molecular flexibility index (Phi) is 8.66. The minimum atomic E-state index is -4.14. The van der Waals surface area contributed by atoms with E-state index in [1.807, 2.05) is 24.3 Å². The van der Waals surface area contributed by atoms with Gasteiger partial charge in [-0.3, -0.25) is 0 Å². The lowest BCUT2D eigenvalue weighted by molar-refractivity contribution is 0.596. The van der Waals surface area contributed by atoms with Crippen molar-refractivity contribution in [2.75, 3.05) is 0 Å². The highest BCUT2D eigenvalue weighted by molar-refractivity contribution is 7.91. The molecule has 0 N–H and O–H groups in total. The van der Waals surface area contributed by atoms with Crippen LogP contribution < -0.4 is 0 Å². The molecule has 0 radical (unpaired) electrons. The molecule has 0 saturated carbocycles. The van der Waals surface area contributed by atoms with Gasteiger partial charge in [-0.1, -0.05) is 127 Å². The number of benzene rings is 9. The van der Waals surface area contributed by atoms with Crippen molar-refractivity contribution in [3.8, 4) is 23.1 Å². The fourth-order valence-corrected chi connectivity index (χ4v) is 12.6. The second-order valence-electron chi connectivity index (χ2n) is 18.0. The molecule has 9 aromatic carbocycles. The number of rotatable bonds is 6. The molecule has 4 heterocycles. The van der Waals surface area contributed by atoms with E-state index in [1.165, 1.54) is 17.5 Å². The molecule has 330 valence electrons. The maximum atomic E-state index is 15.2. The number of hydrogen-bond acceptors (Lipinski definition) is 3. The molecule has 0 bridgehead atoms. The van der Waals surface area contributed by atoms with Gasteiger partial charge < -0.3 is 18.3 Å². The number of sulfone groups is 1. The van der Waals surface area contributed by atoms with E-state index in [0.717, 1.165) is 99.6 Å². The summed E-state index contributed by atoms with van der Waals surface area (Å²) >= 11 is 0. The normalized spacial score (nSPS) is 13.2. The van der Waals surface area contributed by atoms with Gasteiger partial charge in [0.2, 0.25) is 9.84 Å². The van der Waals surface area contributed by atoms with Crippen molar-refractivity contribution in [2.45, 2.75) is 16.2 Å². The number of para-hydroxylation sites is 5. The minimum absolute atomic E-state index is 0.110. The zero-order chi connectivity index (χ0) is 46.7. The van der Waals surface area contributed by atoms with Gasteiger partial charge in [0.1, 0.15) is 0 Å². The number of nitriles is 1. The average Bonchev–Trinajstić information content (AvgIpc) is 4.07. The van der Waals surface area contributed by atoms with E-state index < -0.39 is 9.84 Å². The minimum Gasteiger partial charge on any atom is -0.312 e. The maximum Gasteiger partial charge on any atom is 0.206 e. The Bertz CT molecular complexity index is 4630. The molecule has 1 aliphatic carbocycles. The third-order valence-corrected chi connectivity index (χ3v) is 16.0. The van der Waals surface area contributed by atoms with Crippen LogP contribution in [-0.4, -0.2) is 26.7 Å². The van der Waals surface area contributed by atoms with E-state index in [9.17, 15) is 5.26 Å². The standard InChI is InChI=1S/C62H39N5O2S/c63-39-40-28-30-45(31-29-40)70(68,69)46-37-43(64-55-26-14-10-22-51(55)59-57(64)34-32-49-47-20-8-12-24-53(47)66(61(49)59)41-16-4-1-2-5-17-41)36-44(38-46)65-56-27-15-11-23-52(56)60-58(65)35-33-50-48-21-9-13-25-54(48)67(62(50)60)42-18-6-3-7-19-42/h1-16,18-38H,17H2. The number of nitrogens with zero attached hydrogens (tertiary/aromatic N) is 5. The van der Waals surface area contributed by atoms with Crippen molar-refractivity contribution >= 4 is 103 Å². The van der Waals surface area contributed by atoms with E-state index in [2.05, 4.69) is 200 Å². The Labute approximate surface area is 402 Å². The van der Waals surface area contributed by atoms with E-state index >= 15 is 8.42 Å². The van der Waals surface area contributed by atoms with Gasteiger partial charge in [-0.05, 0) is 97.1 Å². The van der Waals surface area contributed by atoms with Crippen LogP contribution in [0.15, 0.2) is 234 Å². The Balaban J connectivity index is 1.11. The molecule has 0 atom stereocenters. The van der Waals surface area contributed by atoms with Gasteiger partial charge in [-0.25, -0.2) is 8.42 Å². The number of allylic oxidation sites excluding steroid dienone is 6.